The molecule has 0 bridgehead atoms. The van der Waals surface area contributed by atoms with Crippen LogP contribution in [0.3, 0.4) is 0 Å². The third-order valence-corrected chi connectivity index (χ3v) is 5.54. The van der Waals surface area contributed by atoms with Gasteiger partial charge in [-0.1, -0.05) is 59.6 Å². The number of carbonyl (C=O) groups is 2. The molecule has 0 radical (unpaired) electrons. The number of hydrogen-bond acceptors (Lipinski definition) is 4. The van der Waals surface area contributed by atoms with E-state index >= 15 is 0 Å². The number of halogens is 2. The number of nitrogens with zero attached hydrogens (tertiary/aromatic N) is 1. The van der Waals surface area contributed by atoms with Crippen molar-refractivity contribution in [2.45, 2.75) is 6.61 Å². The molecule has 0 unspecified atom stereocenters. The van der Waals surface area contributed by atoms with Crippen molar-refractivity contribution in [2.24, 2.45) is 0 Å². The molecule has 0 atom stereocenters. The van der Waals surface area contributed by atoms with Crippen LogP contribution in [0.2, 0.25) is 10.0 Å². The van der Waals surface area contributed by atoms with Gasteiger partial charge in [-0.2, -0.15) is 0 Å². The van der Waals surface area contributed by atoms with E-state index in [1.165, 1.54) is 18.2 Å². The molecule has 0 spiro atoms. The van der Waals surface area contributed by atoms with Crippen molar-refractivity contribution in [2.75, 3.05) is 12.1 Å². The summed E-state index contributed by atoms with van der Waals surface area (Å²) in [6.45, 7) is 0.184. The molecule has 0 aromatic heterocycles. The number of para-hydroxylation sites is 2. The van der Waals surface area contributed by atoms with Gasteiger partial charge in [0.1, 0.15) is 12.2 Å². The van der Waals surface area contributed by atoms with Gasteiger partial charge in [0.2, 0.25) is 0 Å². The number of benzene rings is 3. The molecule has 32 heavy (non-hydrogen) atoms. The number of nitrogens with one attached hydrogen (secondary N) is 1. The Labute approximate surface area is 194 Å². The third-order valence-electron chi connectivity index (χ3n) is 4.80. The van der Waals surface area contributed by atoms with Crippen LogP contribution < -0.4 is 19.9 Å². The largest absolute Gasteiger partial charge is 0.493 e. The molecule has 1 heterocycles. The average Bonchev–Trinajstić information content (AvgIpc) is 3.09. The van der Waals surface area contributed by atoms with Crippen molar-refractivity contribution in [3.63, 3.8) is 0 Å². The van der Waals surface area contributed by atoms with E-state index in [1.54, 1.807) is 60.7 Å². The summed E-state index contributed by atoms with van der Waals surface area (Å²) in [5.41, 5.74) is 4.46. The molecule has 3 aromatic carbocycles. The van der Waals surface area contributed by atoms with Crippen molar-refractivity contribution in [3.05, 3.63) is 93.5 Å². The summed E-state index contributed by atoms with van der Waals surface area (Å²) in [6, 6.07) is 19.3. The molecule has 1 aliphatic heterocycles. The predicted molar refractivity (Wildman–Crippen MR) is 124 cm³/mol. The topological polar surface area (TPSA) is 67.9 Å². The van der Waals surface area contributed by atoms with Crippen molar-refractivity contribution < 1.29 is 19.1 Å². The first-order chi connectivity index (χ1) is 15.5. The second kappa shape index (κ2) is 9.34. The molecule has 1 aliphatic rings. The number of rotatable bonds is 6. The first-order valence-corrected chi connectivity index (χ1v) is 10.4. The number of ether oxygens (including phenoxy) is 2. The highest BCUT2D eigenvalue weighted by Crippen LogP contribution is 2.34. The normalized spacial score (nSPS) is 14.6. The fraction of sp³-hybridized carbons (Fsp3) is 0.0833. The van der Waals surface area contributed by atoms with Crippen LogP contribution >= 0.6 is 23.2 Å². The van der Waals surface area contributed by atoms with E-state index in [4.69, 9.17) is 32.7 Å². The van der Waals surface area contributed by atoms with Crippen molar-refractivity contribution in [1.29, 1.82) is 0 Å². The second-order valence-electron chi connectivity index (χ2n) is 6.89. The van der Waals surface area contributed by atoms with Gasteiger partial charge in [-0.25, -0.2) is 5.01 Å². The molecule has 1 N–H and O–H groups in total. The van der Waals surface area contributed by atoms with Crippen LogP contribution in [-0.4, -0.2) is 18.9 Å². The summed E-state index contributed by atoms with van der Waals surface area (Å²) >= 11 is 12.1. The van der Waals surface area contributed by atoms with E-state index in [-0.39, 0.29) is 12.2 Å². The van der Waals surface area contributed by atoms with E-state index in [0.717, 1.165) is 5.56 Å². The minimum Gasteiger partial charge on any atom is -0.493 e. The van der Waals surface area contributed by atoms with Gasteiger partial charge in [0, 0.05) is 5.56 Å². The minimum absolute atomic E-state index is 0.0125. The first-order valence-electron chi connectivity index (χ1n) is 9.64. The van der Waals surface area contributed by atoms with Crippen LogP contribution in [0.4, 0.5) is 5.69 Å². The summed E-state index contributed by atoms with van der Waals surface area (Å²) in [4.78, 5) is 25.5. The number of anilines is 1. The molecule has 162 valence electrons. The van der Waals surface area contributed by atoms with E-state index in [2.05, 4.69) is 5.43 Å². The zero-order valence-electron chi connectivity index (χ0n) is 17.0. The fourth-order valence-electron chi connectivity index (χ4n) is 3.22. The lowest BCUT2D eigenvalue weighted by molar-refractivity contribution is -0.117. The molecule has 2 amide bonds. The zero-order valence-corrected chi connectivity index (χ0v) is 18.5. The highest BCUT2D eigenvalue weighted by Gasteiger charge is 2.34. The third kappa shape index (κ3) is 4.42. The Morgan fingerprint density at radius 3 is 2.47 bits per heavy atom. The van der Waals surface area contributed by atoms with E-state index in [9.17, 15) is 9.59 Å². The Hall–Kier alpha value is -3.48. The Bertz CT molecular complexity index is 1210. The zero-order chi connectivity index (χ0) is 22.7. The standard InChI is InChI=1S/C24H18Cl2N2O4/c1-31-21-9-5-6-16(22(21)32-14-15-10-11-19(25)20(26)12-15)13-18-23(29)27-28(24(18)30)17-7-3-2-4-8-17/h2-13H,14H2,1H3,(H,27,29). The Balaban J connectivity index is 1.65. The number of hydrazine groups is 1. The Kier molecular flexibility index (Phi) is 6.35. The van der Waals surface area contributed by atoms with Crippen LogP contribution in [0.1, 0.15) is 11.1 Å². The monoisotopic (exact) mass is 468 g/mol. The molecular formula is C24H18Cl2N2O4. The number of hydrogen-bond donors (Lipinski definition) is 1. The first kappa shape index (κ1) is 21.7. The quantitative estimate of drug-likeness (QED) is 0.406. The maximum Gasteiger partial charge on any atom is 0.282 e. The molecule has 6 nitrogen and oxygen atoms in total. The van der Waals surface area contributed by atoms with Crippen LogP contribution in [0.15, 0.2) is 72.3 Å². The van der Waals surface area contributed by atoms with Gasteiger partial charge >= 0.3 is 0 Å². The molecular weight excluding hydrogens is 451 g/mol. The summed E-state index contributed by atoms with van der Waals surface area (Å²) < 4.78 is 11.4. The van der Waals surface area contributed by atoms with Crippen molar-refractivity contribution in [3.8, 4) is 11.5 Å². The number of carbonyl (C=O) groups excluding carboxylic acids is 2. The summed E-state index contributed by atoms with van der Waals surface area (Å²) in [5.74, 6) is -0.103. The van der Waals surface area contributed by atoms with Crippen LogP contribution in [0.5, 0.6) is 11.5 Å². The molecule has 8 heteroatoms. The molecule has 0 aliphatic carbocycles. The predicted octanol–water partition coefficient (Wildman–Crippen LogP) is 5.04. The molecule has 3 aromatic rings. The highest BCUT2D eigenvalue weighted by molar-refractivity contribution is 6.42. The minimum atomic E-state index is -0.503. The maximum absolute atomic E-state index is 12.9. The summed E-state index contributed by atoms with van der Waals surface area (Å²) in [7, 11) is 1.52. The van der Waals surface area contributed by atoms with E-state index in [1.807, 2.05) is 6.07 Å². The Morgan fingerprint density at radius 1 is 0.969 bits per heavy atom. The summed E-state index contributed by atoms with van der Waals surface area (Å²) in [6.07, 6.45) is 1.49. The number of methoxy groups -OCH3 is 1. The van der Waals surface area contributed by atoms with Gasteiger partial charge in [0.05, 0.1) is 22.8 Å². The lowest BCUT2D eigenvalue weighted by atomic mass is 10.1. The summed E-state index contributed by atoms with van der Waals surface area (Å²) in [5, 5.41) is 2.08. The maximum atomic E-state index is 12.9. The van der Waals surface area contributed by atoms with E-state index < -0.39 is 11.8 Å². The van der Waals surface area contributed by atoms with Gasteiger partial charge in [-0.15, -0.1) is 0 Å². The smallest absolute Gasteiger partial charge is 0.282 e. The molecule has 4 rings (SSSR count). The number of amides is 2. The lowest BCUT2D eigenvalue weighted by Gasteiger charge is -2.14. The fourth-order valence-corrected chi connectivity index (χ4v) is 3.54. The highest BCUT2D eigenvalue weighted by atomic mass is 35.5. The van der Waals surface area contributed by atoms with Gasteiger partial charge in [-0.05, 0) is 42.0 Å². The lowest BCUT2D eigenvalue weighted by Crippen LogP contribution is -2.35. The van der Waals surface area contributed by atoms with Crippen LogP contribution in [0.25, 0.3) is 6.08 Å². The SMILES string of the molecule is COc1cccc(C=C2C(=O)NN(c3ccccc3)C2=O)c1OCc1ccc(Cl)c(Cl)c1. The Morgan fingerprint density at radius 2 is 1.75 bits per heavy atom. The van der Waals surface area contributed by atoms with Crippen LogP contribution in [0, 0.1) is 0 Å². The van der Waals surface area contributed by atoms with Gasteiger partial charge in [-0.3, -0.25) is 15.0 Å². The second-order valence-corrected chi connectivity index (χ2v) is 7.71. The van der Waals surface area contributed by atoms with Crippen molar-refractivity contribution in [1.82, 2.24) is 5.43 Å². The van der Waals surface area contributed by atoms with Crippen LogP contribution in [-0.2, 0) is 16.2 Å². The van der Waals surface area contributed by atoms with Crippen molar-refractivity contribution >= 4 is 46.8 Å². The molecule has 0 saturated carbocycles. The average molecular weight is 469 g/mol. The van der Waals surface area contributed by atoms with Gasteiger partial charge in [0.15, 0.2) is 11.5 Å². The molecule has 1 fully saturated rings. The van der Waals surface area contributed by atoms with Gasteiger partial charge < -0.3 is 9.47 Å². The van der Waals surface area contributed by atoms with Gasteiger partial charge in [0.25, 0.3) is 11.8 Å². The molecule has 1 saturated heterocycles. The van der Waals surface area contributed by atoms with E-state index in [0.29, 0.717) is 32.8 Å².